The lowest BCUT2D eigenvalue weighted by molar-refractivity contribution is -0.131. The molecular weight excluding hydrogens is 348 g/mol. The van der Waals surface area contributed by atoms with Crippen LogP contribution in [-0.4, -0.2) is 54.9 Å². The SMILES string of the molecule is COc1ccccc1CCC(=O)N1CCCN(C(=O)c2cccs2)CC1. The predicted molar refractivity (Wildman–Crippen MR) is 103 cm³/mol. The molecule has 0 aliphatic carbocycles. The topological polar surface area (TPSA) is 49.9 Å². The van der Waals surface area contributed by atoms with Crippen molar-refractivity contribution in [1.29, 1.82) is 0 Å². The molecular formula is C20H24N2O3S. The van der Waals surface area contributed by atoms with Crippen LogP contribution in [0.4, 0.5) is 0 Å². The summed E-state index contributed by atoms with van der Waals surface area (Å²) in [6.45, 7) is 2.60. The molecule has 1 aromatic heterocycles. The smallest absolute Gasteiger partial charge is 0.263 e. The Bertz CT molecular complexity index is 745. The quantitative estimate of drug-likeness (QED) is 0.810. The van der Waals surface area contributed by atoms with E-state index in [9.17, 15) is 9.59 Å². The Morgan fingerprint density at radius 2 is 1.81 bits per heavy atom. The molecule has 0 saturated carbocycles. The summed E-state index contributed by atoms with van der Waals surface area (Å²) in [7, 11) is 1.65. The van der Waals surface area contributed by atoms with Gasteiger partial charge in [-0.2, -0.15) is 0 Å². The van der Waals surface area contributed by atoms with Crippen molar-refractivity contribution in [1.82, 2.24) is 9.80 Å². The number of nitrogens with zero attached hydrogens (tertiary/aromatic N) is 2. The zero-order valence-electron chi connectivity index (χ0n) is 15.0. The molecule has 1 saturated heterocycles. The number of aryl methyl sites for hydroxylation is 1. The van der Waals surface area contributed by atoms with Crippen LogP contribution in [0, 0.1) is 0 Å². The minimum absolute atomic E-state index is 0.0725. The molecule has 0 unspecified atom stereocenters. The largest absolute Gasteiger partial charge is 0.496 e. The second-order valence-corrected chi connectivity index (χ2v) is 7.26. The van der Waals surface area contributed by atoms with E-state index < -0.39 is 0 Å². The number of methoxy groups -OCH3 is 1. The van der Waals surface area contributed by atoms with Gasteiger partial charge in [0.2, 0.25) is 5.91 Å². The summed E-state index contributed by atoms with van der Waals surface area (Å²) in [6.07, 6.45) is 1.94. The molecule has 0 bridgehead atoms. The van der Waals surface area contributed by atoms with Gasteiger partial charge in [0.05, 0.1) is 12.0 Å². The summed E-state index contributed by atoms with van der Waals surface area (Å²) in [5.74, 6) is 1.04. The average Bonchev–Trinajstić information content (AvgIpc) is 3.10. The van der Waals surface area contributed by atoms with Gasteiger partial charge < -0.3 is 14.5 Å². The summed E-state index contributed by atoms with van der Waals surface area (Å²) in [5.41, 5.74) is 1.05. The number of hydrogen-bond donors (Lipinski definition) is 0. The number of amides is 2. The van der Waals surface area contributed by atoms with Gasteiger partial charge in [0, 0.05) is 32.6 Å². The van der Waals surface area contributed by atoms with Crippen molar-refractivity contribution in [3.63, 3.8) is 0 Å². The van der Waals surface area contributed by atoms with Crippen LogP contribution in [0.15, 0.2) is 41.8 Å². The lowest BCUT2D eigenvalue weighted by atomic mass is 10.1. The van der Waals surface area contributed by atoms with Crippen LogP contribution >= 0.6 is 11.3 Å². The van der Waals surface area contributed by atoms with Crippen LogP contribution in [0.1, 0.15) is 28.1 Å². The number of thiophene rings is 1. The minimum atomic E-state index is 0.0725. The van der Waals surface area contributed by atoms with Crippen LogP contribution in [0.2, 0.25) is 0 Å². The van der Waals surface area contributed by atoms with E-state index in [0.29, 0.717) is 39.0 Å². The predicted octanol–water partition coefficient (Wildman–Crippen LogP) is 3.06. The third-order valence-electron chi connectivity index (χ3n) is 4.67. The van der Waals surface area contributed by atoms with E-state index in [0.717, 1.165) is 22.6 Å². The third kappa shape index (κ3) is 4.43. The summed E-state index contributed by atoms with van der Waals surface area (Å²) in [6, 6.07) is 11.5. The first-order valence-electron chi connectivity index (χ1n) is 8.91. The highest BCUT2D eigenvalue weighted by Crippen LogP contribution is 2.20. The van der Waals surface area contributed by atoms with E-state index in [4.69, 9.17) is 4.74 Å². The number of benzene rings is 1. The molecule has 0 radical (unpaired) electrons. The van der Waals surface area contributed by atoms with Gasteiger partial charge in [0.1, 0.15) is 5.75 Å². The Labute approximate surface area is 158 Å². The first-order valence-corrected chi connectivity index (χ1v) is 9.79. The van der Waals surface area contributed by atoms with Crippen molar-refractivity contribution in [2.45, 2.75) is 19.3 Å². The number of ether oxygens (including phenoxy) is 1. The standard InChI is InChI=1S/C20H24N2O3S/c1-25-17-7-3-2-6-16(17)9-10-19(23)21-11-5-12-22(14-13-21)20(24)18-8-4-15-26-18/h2-4,6-8,15H,5,9-14H2,1H3. The molecule has 2 amide bonds. The second-order valence-electron chi connectivity index (χ2n) is 6.32. The molecule has 1 fully saturated rings. The highest BCUT2D eigenvalue weighted by atomic mass is 32.1. The molecule has 1 aromatic carbocycles. The Hall–Kier alpha value is -2.34. The summed E-state index contributed by atoms with van der Waals surface area (Å²) in [4.78, 5) is 29.6. The van der Waals surface area contributed by atoms with Crippen molar-refractivity contribution >= 4 is 23.2 Å². The van der Waals surface area contributed by atoms with Gasteiger partial charge in [-0.25, -0.2) is 0 Å². The van der Waals surface area contributed by atoms with Crippen molar-refractivity contribution in [3.8, 4) is 5.75 Å². The molecule has 2 heterocycles. The van der Waals surface area contributed by atoms with Crippen molar-refractivity contribution in [2.24, 2.45) is 0 Å². The maximum absolute atomic E-state index is 12.6. The van der Waals surface area contributed by atoms with Crippen LogP contribution in [-0.2, 0) is 11.2 Å². The number of para-hydroxylation sites is 1. The molecule has 0 atom stereocenters. The minimum Gasteiger partial charge on any atom is -0.496 e. The maximum Gasteiger partial charge on any atom is 0.263 e. The van der Waals surface area contributed by atoms with E-state index in [-0.39, 0.29) is 11.8 Å². The summed E-state index contributed by atoms with van der Waals surface area (Å²) in [5, 5.41) is 1.92. The fourth-order valence-electron chi connectivity index (χ4n) is 3.24. The number of carbonyl (C=O) groups is 2. The Kier molecular flexibility index (Phi) is 6.28. The number of rotatable bonds is 5. The van der Waals surface area contributed by atoms with Gasteiger partial charge in [0.15, 0.2) is 0 Å². The zero-order valence-corrected chi connectivity index (χ0v) is 15.8. The van der Waals surface area contributed by atoms with Gasteiger partial charge in [0.25, 0.3) is 5.91 Å². The van der Waals surface area contributed by atoms with Gasteiger partial charge in [-0.3, -0.25) is 9.59 Å². The highest BCUT2D eigenvalue weighted by molar-refractivity contribution is 7.12. The zero-order chi connectivity index (χ0) is 18.4. The average molecular weight is 372 g/mol. The number of carbonyl (C=O) groups excluding carboxylic acids is 2. The van der Waals surface area contributed by atoms with Crippen LogP contribution < -0.4 is 4.74 Å². The van der Waals surface area contributed by atoms with E-state index in [1.165, 1.54) is 11.3 Å². The molecule has 5 nitrogen and oxygen atoms in total. The van der Waals surface area contributed by atoms with E-state index in [1.54, 1.807) is 7.11 Å². The monoisotopic (exact) mass is 372 g/mol. The molecule has 3 rings (SSSR count). The van der Waals surface area contributed by atoms with Gasteiger partial charge >= 0.3 is 0 Å². The first kappa shape index (κ1) is 18.5. The molecule has 6 heteroatoms. The Morgan fingerprint density at radius 1 is 1.04 bits per heavy atom. The molecule has 0 spiro atoms. The molecule has 1 aliphatic rings. The summed E-state index contributed by atoms with van der Waals surface area (Å²) >= 11 is 1.46. The van der Waals surface area contributed by atoms with Gasteiger partial charge in [-0.05, 0) is 35.9 Å². The van der Waals surface area contributed by atoms with Crippen LogP contribution in [0.5, 0.6) is 5.75 Å². The van der Waals surface area contributed by atoms with E-state index in [1.807, 2.05) is 51.6 Å². The van der Waals surface area contributed by atoms with Crippen molar-refractivity contribution < 1.29 is 14.3 Å². The first-order chi connectivity index (χ1) is 12.7. The molecule has 1 aliphatic heterocycles. The van der Waals surface area contributed by atoms with E-state index >= 15 is 0 Å². The summed E-state index contributed by atoms with van der Waals surface area (Å²) < 4.78 is 5.35. The molecule has 138 valence electrons. The van der Waals surface area contributed by atoms with Gasteiger partial charge in [-0.15, -0.1) is 11.3 Å². The second kappa shape index (κ2) is 8.85. The molecule has 0 N–H and O–H groups in total. The number of hydrogen-bond acceptors (Lipinski definition) is 4. The normalized spacial score (nSPS) is 14.8. The molecule has 2 aromatic rings. The third-order valence-corrected chi connectivity index (χ3v) is 5.53. The lowest BCUT2D eigenvalue weighted by Gasteiger charge is -2.22. The Balaban J connectivity index is 1.53. The van der Waals surface area contributed by atoms with Crippen LogP contribution in [0.3, 0.4) is 0 Å². The fraction of sp³-hybridized carbons (Fsp3) is 0.400. The van der Waals surface area contributed by atoms with Crippen molar-refractivity contribution in [3.05, 3.63) is 52.2 Å². The maximum atomic E-state index is 12.6. The van der Waals surface area contributed by atoms with Gasteiger partial charge in [-0.1, -0.05) is 24.3 Å². The Morgan fingerprint density at radius 3 is 2.58 bits per heavy atom. The van der Waals surface area contributed by atoms with Crippen molar-refractivity contribution in [2.75, 3.05) is 33.3 Å². The lowest BCUT2D eigenvalue weighted by Crippen LogP contribution is -2.37. The fourth-order valence-corrected chi connectivity index (χ4v) is 3.93. The molecule has 26 heavy (non-hydrogen) atoms. The highest BCUT2D eigenvalue weighted by Gasteiger charge is 2.23. The van der Waals surface area contributed by atoms with E-state index in [2.05, 4.69) is 0 Å². The van der Waals surface area contributed by atoms with Crippen LogP contribution in [0.25, 0.3) is 0 Å².